The molecule has 0 heterocycles. The molecule has 0 bridgehead atoms. The normalized spacial score (nSPS) is 12.1. The van der Waals surface area contributed by atoms with Crippen LogP contribution in [0.5, 0.6) is 5.75 Å². The fourth-order valence-electron chi connectivity index (χ4n) is 3.10. The van der Waals surface area contributed by atoms with E-state index in [-0.39, 0.29) is 28.2 Å². The van der Waals surface area contributed by atoms with Crippen LogP contribution in [0.2, 0.25) is 10.0 Å². The molecule has 0 aliphatic rings. The summed E-state index contributed by atoms with van der Waals surface area (Å²) in [5, 5.41) is 3.08. The minimum absolute atomic E-state index is 0.0788. The lowest BCUT2D eigenvalue weighted by Gasteiger charge is -2.31. The minimum atomic E-state index is -3.90. The van der Waals surface area contributed by atoms with Crippen LogP contribution in [0.15, 0.2) is 42.5 Å². The molecular weight excluding hydrogens is 489 g/mol. The maximum atomic E-state index is 13.4. The van der Waals surface area contributed by atoms with Crippen LogP contribution in [0.1, 0.15) is 19.4 Å². The highest BCUT2D eigenvalue weighted by atomic mass is 35.5. The Morgan fingerprint density at radius 2 is 1.76 bits per heavy atom. The van der Waals surface area contributed by atoms with Crippen molar-refractivity contribution in [2.45, 2.75) is 26.4 Å². The van der Waals surface area contributed by atoms with Crippen molar-refractivity contribution in [3.63, 3.8) is 0 Å². The van der Waals surface area contributed by atoms with E-state index in [2.05, 4.69) is 5.32 Å². The third-order valence-electron chi connectivity index (χ3n) is 4.89. The largest absolute Gasteiger partial charge is 0.497 e. The second-order valence-corrected chi connectivity index (χ2v) is 10.1. The molecular formula is C22H27Cl2N3O5S. The van der Waals surface area contributed by atoms with Gasteiger partial charge in [-0.15, -0.1) is 0 Å². The van der Waals surface area contributed by atoms with Gasteiger partial charge < -0.3 is 15.0 Å². The molecule has 1 atom stereocenters. The number of hydrogen-bond acceptors (Lipinski definition) is 5. The number of carbonyl (C=O) groups is 2. The first-order valence-electron chi connectivity index (χ1n) is 10.1. The molecule has 180 valence electrons. The quantitative estimate of drug-likeness (QED) is 0.523. The molecule has 0 aromatic heterocycles. The van der Waals surface area contributed by atoms with Crippen LogP contribution in [-0.4, -0.2) is 57.6 Å². The van der Waals surface area contributed by atoms with Crippen LogP contribution in [0.4, 0.5) is 5.69 Å². The van der Waals surface area contributed by atoms with Gasteiger partial charge in [-0.3, -0.25) is 13.9 Å². The lowest BCUT2D eigenvalue weighted by Crippen LogP contribution is -2.51. The van der Waals surface area contributed by atoms with Gasteiger partial charge in [-0.25, -0.2) is 8.42 Å². The van der Waals surface area contributed by atoms with Gasteiger partial charge in [0.05, 0.1) is 24.1 Å². The number of carbonyl (C=O) groups excluding carboxylic acids is 2. The summed E-state index contributed by atoms with van der Waals surface area (Å²) in [4.78, 5) is 27.2. The Hall–Kier alpha value is -2.49. The van der Waals surface area contributed by atoms with Crippen LogP contribution in [0.25, 0.3) is 0 Å². The lowest BCUT2D eigenvalue weighted by molar-refractivity contribution is -0.139. The number of amides is 2. The average molecular weight is 516 g/mol. The summed E-state index contributed by atoms with van der Waals surface area (Å²) in [6.07, 6.45) is 0.971. The molecule has 2 rings (SSSR count). The topological polar surface area (TPSA) is 96.0 Å². The SMILES string of the molecule is CCNC(=O)[C@H](C)N(Cc1ccc(OC)cc1)C(=O)CN(c1cc(Cl)ccc1Cl)S(C)(=O)=O. The summed E-state index contributed by atoms with van der Waals surface area (Å²) in [5.41, 5.74) is 0.821. The van der Waals surface area contributed by atoms with Crippen LogP contribution >= 0.6 is 23.2 Å². The highest BCUT2D eigenvalue weighted by Crippen LogP contribution is 2.31. The maximum absolute atomic E-state index is 13.4. The predicted octanol–water partition coefficient (Wildman–Crippen LogP) is 3.32. The number of methoxy groups -OCH3 is 1. The Morgan fingerprint density at radius 1 is 1.12 bits per heavy atom. The number of sulfonamides is 1. The van der Waals surface area contributed by atoms with E-state index in [1.54, 1.807) is 45.2 Å². The molecule has 0 spiro atoms. The Bertz CT molecular complexity index is 1090. The van der Waals surface area contributed by atoms with Crippen molar-refractivity contribution in [2.75, 3.05) is 30.8 Å². The standard InChI is InChI=1S/C22H27Cl2N3O5S/c1-5-25-22(29)15(2)26(13-16-6-9-18(32-3)10-7-16)21(28)14-27(33(4,30)31)20-12-17(23)8-11-19(20)24/h6-12,15H,5,13-14H2,1-4H3,(H,25,29)/t15-/m0/s1. The van der Waals surface area contributed by atoms with Gasteiger partial charge in [0.2, 0.25) is 21.8 Å². The number of likely N-dealkylation sites (N-methyl/N-ethyl adjacent to an activating group) is 1. The smallest absolute Gasteiger partial charge is 0.244 e. The van der Waals surface area contributed by atoms with Crippen molar-refractivity contribution in [3.05, 3.63) is 58.1 Å². The van der Waals surface area contributed by atoms with Crippen LogP contribution < -0.4 is 14.4 Å². The van der Waals surface area contributed by atoms with E-state index in [0.29, 0.717) is 12.3 Å². The molecule has 0 aliphatic carbocycles. The van der Waals surface area contributed by atoms with Gasteiger partial charge in [0.15, 0.2) is 0 Å². The number of benzene rings is 2. The zero-order chi connectivity index (χ0) is 24.8. The zero-order valence-corrected chi connectivity index (χ0v) is 21.2. The summed E-state index contributed by atoms with van der Waals surface area (Å²) in [6.45, 7) is 3.28. The molecule has 2 aromatic carbocycles. The summed E-state index contributed by atoms with van der Waals surface area (Å²) < 4.78 is 31.1. The second kappa shape index (κ2) is 11.6. The molecule has 0 saturated carbocycles. The number of hydrogen-bond donors (Lipinski definition) is 1. The van der Waals surface area contributed by atoms with E-state index in [1.807, 2.05) is 0 Å². The molecule has 0 radical (unpaired) electrons. The van der Waals surface area contributed by atoms with Gasteiger partial charge in [-0.1, -0.05) is 35.3 Å². The first-order valence-corrected chi connectivity index (χ1v) is 12.7. The molecule has 2 aromatic rings. The predicted molar refractivity (Wildman–Crippen MR) is 130 cm³/mol. The van der Waals surface area contributed by atoms with E-state index >= 15 is 0 Å². The molecule has 0 saturated heterocycles. The van der Waals surface area contributed by atoms with Gasteiger partial charge in [-0.05, 0) is 49.7 Å². The molecule has 33 heavy (non-hydrogen) atoms. The van der Waals surface area contributed by atoms with Crippen molar-refractivity contribution < 1.29 is 22.7 Å². The Kier molecular flexibility index (Phi) is 9.39. The van der Waals surface area contributed by atoms with E-state index in [9.17, 15) is 18.0 Å². The average Bonchev–Trinajstić information content (AvgIpc) is 2.76. The highest BCUT2D eigenvalue weighted by Gasteiger charge is 2.30. The monoisotopic (exact) mass is 515 g/mol. The minimum Gasteiger partial charge on any atom is -0.497 e. The van der Waals surface area contributed by atoms with E-state index in [4.69, 9.17) is 27.9 Å². The molecule has 2 amide bonds. The van der Waals surface area contributed by atoms with E-state index < -0.39 is 28.5 Å². The number of nitrogens with zero attached hydrogens (tertiary/aromatic N) is 2. The van der Waals surface area contributed by atoms with Crippen molar-refractivity contribution >= 4 is 50.7 Å². The third-order valence-corrected chi connectivity index (χ3v) is 6.57. The number of halogens is 2. The van der Waals surface area contributed by atoms with E-state index in [0.717, 1.165) is 16.1 Å². The summed E-state index contributed by atoms with van der Waals surface area (Å²) >= 11 is 12.2. The van der Waals surface area contributed by atoms with Crippen molar-refractivity contribution in [1.29, 1.82) is 0 Å². The highest BCUT2D eigenvalue weighted by molar-refractivity contribution is 7.92. The first kappa shape index (κ1) is 26.8. The van der Waals surface area contributed by atoms with Crippen molar-refractivity contribution in [3.8, 4) is 5.75 Å². The van der Waals surface area contributed by atoms with Crippen molar-refractivity contribution in [2.24, 2.45) is 0 Å². The third kappa shape index (κ3) is 7.25. The first-order chi connectivity index (χ1) is 15.5. The maximum Gasteiger partial charge on any atom is 0.244 e. The number of anilines is 1. The fraction of sp³-hybridized carbons (Fsp3) is 0.364. The second-order valence-electron chi connectivity index (χ2n) is 7.31. The molecule has 1 N–H and O–H groups in total. The molecule has 0 aliphatic heterocycles. The number of ether oxygens (including phenoxy) is 1. The number of rotatable bonds is 10. The van der Waals surface area contributed by atoms with E-state index in [1.165, 1.54) is 23.1 Å². The van der Waals surface area contributed by atoms with Gasteiger partial charge in [0.1, 0.15) is 18.3 Å². The van der Waals surface area contributed by atoms with Crippen LogP contribution in [0, 0.1) is 0 Å². The van der Waals surface area contributed by atoms with Gasteiger partial charge in [0, 0.05) is 18.1 Å². The van der Waals surface area contributed by atoms with Gasteiger partial charge in [-0.2, -0.15) is 0 Å². The molecule has 11 heteroatoms. The van der Waals surface area contributed by atoms with Gasteiger partial charge >= 0.3 is 0 Å². The molecule has 8 nitrogen and oxygen atoms in total. The summed E-state index contributed by atoms with van der Waals surface area (Å²) in [6, 6.07) is 10.5. The molecule has 0 unspecified atom stereocenters. The fourth-order valence-corrected chi connectivity index (χ4v) is 4.39. The Labute approximate surface area is 204 Å². The summed E-state index contributed by atoms with van der Waals surface area (Å²) in [7, 11) is -2.35. The van der Waals surface area contributed by atoms with Crippen LogP contribution in [-0.2, 0) is 26.2 Å². The number of nitrogens with one attached hydrogen (secondary N) is 1. The van der Waals surface area contributed by atoms with Gasteiger partial charge in [0.25, 0.3) is 0 Å². The Balaban J connectivity index is 2.41. The van der Waals surface area contributed by atoms with Crippen LogP contribution in [0.3, 0.4) is 0 Å². The molecule has 0 fully saturated rings. The summed E-state index contributed by atoms with van der Waals surface area (Å²) in [5.74, 6) is -0.288. The Morgan fingerprint density at radius 3 is 2.30 bits per heavy atom. The zero-order valence-electron chi connectivity index (χ0n) is 18.8. The van der Waals surface area contributed by atoms with Crippen molar-refractivity contribution in [1.82, 2.24) is 10.2 Å². The lowest BCUT2D eigenvalue weighted by atomic mass is 10.1.